The smallest absolute Gasteiger partial charge is 0.195 e. The Morgan fingerprint density at radius 1 is 1.25 bits per heavy atom. The summed E-state index contributed by atoms with van der Waals surface area (Å²) in [5.41, 5.74) is 1.30. The Bertz CT molecular complexity index is 538. The minimum atomic E-state index is 0. The Balaban J connectivity index is 0.00000288. The van der Waals surface area contributed by atoms with Crippen LogP contribution in [0.15, 0.2) is 29.3 Å². The van der Waals surface area contributed by atoms with Crippen LogP contribution in [0.5, 0.6) is 0 Å². The highest BCUT2D eigenvalue weighted by atomic mass is 127. The van der Waals surface area contributed by atoms with Crippen molar-refractivity contribution in [2.45, 2.75) is 18.9 Å². The zero-order chi connectivity index (χ0) is 17.0. The molecule has 24 heavy (non-hydrogen) atoms. The molecular weight excluding hydrogens is 435 g/mol. The third-order valence-electron chi connectivity index (χ3n) is 4.46. The molecule has 2 atom stereocenters. The van der Waals surface area contributed by atoms with E-state index >= 15 is 0 Å². The molecule has 1 aromatic rings. The van der Waals surface area contributed by atoms with E-state index < -0.39 is 0 Å². The molecule has 4 nitrogen and oxygen atoms in total. The van der Waals surface area contributed by atoms with Crippen molar-refractivity contribution in [1.82, 2.24) is 14.7 Å². The van der Waals surface area contributed by atoms with Gasteiger partial charge in [0.15, 0.2) is 5.96 Å². The van der Waals surface area contributed by atoms with Gasteiger partial charge >= 0.3 is 0 Å². The number of benzene rings is 1. The van der Waals surface area contributed by atoms with Crippen molar-refractivity contribution >= 4 is 41.5 Å². The minimum Gasteiger partial charge on any atom is -0.349 e. The topological polar surface area (TPSA) is 22.1 Å². The molecule has 6 heteroatoms. The van der Waals surface area contributed by atoms with Gasteiger partial charge in [-0.3, -0.25) is 9.89 Å². The number of guanidine groups is 1. The third-order valence-corrected chi connectivity index (χ3v) is 4.70. The number of rotatable bonds is 3. The van der Waals surface area contributed by atoms with Gasteiger partial charge in [-0.1, -0.05) is 23.7 Å². The normalized spacial score (nSPS) is 20.9. The van der Waals surface area contributed by atoms with Crippen molar-refractivity contribution in [3.05, 3.63) is 34.9 Å². The van der Waals surface area contributed by atoms with E-state index in [1.165, 1.54) is 18.4 Å². The Morgan fingerprint density at radius 3 is 2.50 bits per heavy atom. The summed E-state index contributed by atoms with van der Waals surface area (Å²) in [5, 5.41) is 0.811. The molecule has 0 radical (unpaired) electrons. The maximum Gasteiger partial charge on any atom is 0.195 e. The standard InChI is InChI=1S/C18H29ClN4.HI/c1-21(2)18(22(3)4)20-13-15-9-7-11-23(5)17(15)14-8-6-10-16(19)12-14;/h6,8,10,12,15,17H,7,9,11,13H2,1-5H3;1H. The molecule has 1 aliphatic rings. The van der Waals surface area contributed by atoms with E-state index in [1.54, 1.807) is 0 Å². The van der Waals surface area contributed by atoms with Crippen molar-refractivity contribution in [1.29, 1.82) is 0 Å². The Morgan fingerprint density at radius 2 is 1.92 bits per heavy atom. The van der Waals surface area contributed by atoms with Crippen LogP contribution < -0.4 is 0 Å². The molecule has 1 fully saturated rings. The van der Waals surface area contributed by atoms with Gasteiger partial charge in [-0.15, -0.1) is 24.0 Å². The van der Waals surface area contributed by atoms with E-state index in [1.807, 2.05) is 40.3 Å². The first-order chi connectivity index (χ1) is 10.9. The Hall–Kier alpha value is -0.530. The maximum atomic E-state index is 6.21. The van der Waals surface area contributed by atoms with Crippen molar-refractivity contribution in [3.63, 3.8) is 0 Å². The van der Waals surface area contributed by atoms with Crippen LogP contribution in [0.3, 0.4) is 0 Å². The summed E-state index contributed by atoms with van der Waals surface area (Å²) in [6, 6.07) is 8.66. The lowest BCUT2D eigenvalue weighted by Crippen LogP contribution is -2.39. The van der Waals surface area contributed by atoms with Gasteiger partial charge in [0.05, 0.1) is 0 Å². The molecule has 0 aliphatic carbocycles. The molecule has 1 heterocycles. The summed E-state index contributed by atoms with van der Waals surface area (Å²) < 4.78 is 0. The number of hydrogen-bond acceptors (Lipinski definition) is 2. The van der Waals surface area contributed by atoms with Gasteiger partial charge in [0, 0.05) is 45.8 Å². The summed E-state index contributed by atoms with van der Waals surface area (Å²) in [7, 11) is 10.4. The fraction of sp³-hybridized carbons (Fsp3) is 0.611. The summed E-state index contributed by atoms with van der Waals surface area (Å²) >= 11 is 6.21. The van der Waals surface area contributed by atoms with Crippen molar-refractivity contribution in [2.24, 2.45) is 10.9 Å². The summed E-state index contributed by atoms with van der Waals surface area (Å²) in [6.45, 7) is 1.97. The lowest BCUT2D eigenvalue weighted by Gasteiger charge is -2.39. The largest absolute Gasteiger partial charge is 0.349 e. The van der Waals surface area contributed by atoms with Gasteiger partial charge in [-0.2, -0.15) is 0 Å². The van der Waals surface area contributed by atoms with Crippen LogP contribution in [-0.2, 0) is 0 Å². The van der Waals surface area contributed by atoms with Gasteiger partial charge < -0.3 is 9.80 Å². The molecule has 2 rings (SSSR count). The van der Waals surface area contributed by atoms with Crippen LogP contribution in [0.4, 0.5) is 0 Å². The molecule has 1 saturated heterocycles. The SMILES string of the molecule is CN(C)C(=NCC1CCCN(C)C1c1cccc(Cl)c1)N(C)C.I. The van der Waals surface area contributed by atoms with E-state index in [0.29, 0.717) is 12.0 Å². The number of aliphatic imine (C=N–C) groups is 1. The first-order valence-corrected chi connectivity index (χ1v) is 8.62. The molecule has 1 aromatic carbocycles. The van der Waals surface area contributed by atoms with Crippen molar-refractivity contribution < 1.29 is 0 Å². The van der Waals surface area contributed by atoms with Gasteiger partial charge in [-0.05, 0) is 50.0 Å². The van der Waals surface area contributed by atoms with Crippen LogP contribution >= 0.6 is 35.6 Å². The Labute approximate surface area is 168 Å². The highest BCUT2D eigenvalue weighted by molar-refractivity contribution is 14.0. The highest BCUT2D eigenvalue weighted by Crippen LogP contribution is 2.36. The van der Waals surface area contributed by atoms with E-state index in [4.69, 9.17) is 16.6 Å². The molecule has 0 amide bonds. The second-order valence-electron chi connectivity index (χ2n) is 6.81. The van der Waals surface area contributed by atoms with Gasteiger partial charge in [-0.25, -0.2) is 0 Å². The van der Waals surface area contributed by atoms with Crippen LogP contribution in [0, 0.1) is 5.92 Å². The van der Waals surface area contributed by atoms with Gasteiger partial charge in [0.1, 0.15) is 0 Å². The van der Waals surface area contributed by atoms with E-state index in [9.17, 15) is 0 Å². The molecule has 1 aliphatic heterocycles. The quantitative estimate of drug-likeness (QED) is 0.386. The predicted octanol–water partition coefficient (Wildman–Crippen LogP) is 3.82. The molecule has 136 valence electrons. The number of nitrogens with zero attached hydrogens (tertiary/aromatic N) is 4. The van der Waals surface area contributed by atoms with Gasteiger partial charge in [0.2, 0.25) is 0 Å². The molecule has 0 bridgehead atoms. The fourth-order valence-electron chi connectivity index (χ4n) is 3.55. The van der Waals surface area contributed by atoms with E-state index in [2.05, 4.69) is 33.9 Å². The minimum absolute atomic E-state index is 0. The van der Waals surface area contributed by atoms with Crippen LogP contribution in [0.25, 0.3) is 0 Å². The zero-order valence-corrected chi connectivity index (χ0v) is 18.5. The number of halogens is 2. The fourth-order valence-corrected chi connectivity index (χ4v) is 3.75. The summed E-state index contributed by atoms with van der Waals surface area (Å²) in [5.74, 6) is 1.53. The second kappa shape index (κ2) is 9.82. The number of likely N-dealkylation sites (tertiary alicyclic amines) is 1. The van der Waals surface area contributed by atoms with Crippen LogP contribution in [-0.4, -0.2) is 69.0 Å². The first-order valence-electron chi connectivity index (χ1n) is 8.25. The van der Waals surface area contributed by atoms with E-state index in [0.717, 1.165) is 24.1 Å². The van der Waals surface area contributed by atoms with Gasteiger partial charge in [0.25, 0.3) is 0 Å². The highest BCUT2D eigenvalue weighted by Gasteiger charge is 2.30. The molecule has 0 saturated carbocycles. The van der Waals surface area contributed by atoms with Crippen LogP contribution in [0.1, 0.15) is 24.4 Å². The average molecular weight is 465 g/mol. The molecule has 2 unspecified atom stereocenters. The van der Waals surface area contributed by atoms with Crippen molar-refractivity contribution in [2.75, 3.05) is 48.3 Å². The number of piperidine rings is 1. The zero-order valence-electron chi connectivity index (χ0n) is 15.4. The third kappa shape index (κ3) is 5.49. The molecule has 0 aromatic heterocycles. The van der Waals surface area contributed by atoms with Crippen molar-refractivity contribution in [3.8, 4) is 0 Å². The summed E-state index contributed by atoms with van der Waals surface area (Å²) in [6.07, 6.45) is 2.44. The van der Waals surface area contributed by atoms with Crippen LogP contribution in [0.2, 0.25) is 5.02 Å². The predicted molar refractivity (Wildman–Crippen MR) is 115 cm³/mol. The number of hydrogen-bond donors (Lipinski definition) is 0. The molecule has 0 N–H and O–H groups in total. The average Bonchev–Trinajstić information content (AvgIpc) is 2.46. The molecule has 0 spiro atoms. The monoisotopic (exact) mass is 464 g/mol. The lowest BCUT2D eigenvalue weighted by atomic mass is 9.85. The maximum absolute atomic E-state index is 6.21. The lowest BCUT2D eigenvalue weighted by molar-refractivity contribution is 0.125. The molecular formula is C18H30ClIN4. The first kappa shape index (κ1) is 21.5. The van der Waals surface area contributed by atoms with E-state index in [-0.39, 0.29) is 24.0 Å². The second-order valence-corrected chi connectivity index (χ2v) is 7.25. The summed E-state index contributed by atoms with van der Waals surface area (Å²) in [4.78, 5) is 11.5. The Kier molecular flexibility index (Phi) is 8.81.